The summed E-state index contributed by atoms with van der Waals surface area (Å²) in [5, 5.41) is 8.06. The van der Waals surface area contributed by atoms with Crippen LogP contribution in [0.25, 0.3) is 0 Å². The zero-order chi connectivity index (χ0) is 22.5. The van der Waals surface area contributed by atoms with Gasteiger partial charge in [0.15, 0.2) is 0 Å². The number of anilines is 1. The van der Waals surface area contributed by atoms with Crippen LogP contribution in [0.15, 0.2) is 54.9 Å². The van der Waals surface area contributed by atoms with Crippen LogP contribution in [0.4, 0.5) is 14.9 Å². The van der Waals surface area contributed by atoms with Gasteiger partial charge in [0.1, 0.15) is 24.3 Å². The van der Waals surface area contributed by atoms with Gasteiger partial charge >= 0.3 is 6.03 Å². The Morgan fingerprint density at radius 3 is 2.72 bits per heavy atom. The maximum Gasteiger partial charge on any atom is 0.322 e. The van der Waals surface area contributed by atoms with Crippen LogP contribution in [0.2, 0.25) is 10.0 Å². The predicted octanol–water partition coefficient (Wildman–Crippen LogP) is 4.69. The number of halogens is 3. The van der Waals surface area contributed by atoms with Gasteiger partial charge in [-0.15, -0.1) is 0 Å². The lowest BCUT2D eigenvalue weighted by atomic mass is 10.2. The van der Waals surface area contributed by atoms with Crippen molar-refractivity contribution in [2.75, 3.05) is 31.6 Å². The molecule has 2 amide bonds. The highest BCUT2D eigenvalue weighted by Gasteiger charge is 2.25. The predicted molar refractivity (Wildman–Crippen MR) is 120 cm³/mol. The summed E-state index contributed by atoms with van der Waals surface area (Å²) >= 11 is 12.0. The van der Waals surface area contributed by atoms with Crippen molar-refractivity contribution < 1.29 is 18.7 Å². The molecule has 3 aromatic rings. The summed E-state index contributed by atoms with van der Waals surface area (Å²) in [6.45, 7) is 1.98. The fourth-order valence-corrected chi connectivity index (χ4v) is 3.81. The maximum absolute atomic E-state index is 13.0. The second kappa shape index (κ2) is 10.2. The molecule has 168 valence electrons. The molecule has 10 heteroatoms. The molecule has 0 saturated carbocycles. The Hall–Kier alpha value is -2.81. The van der Waals surface area contributed by atoms with Crippen LogP contribution >= 0.6 is 23.2 Å². The normalized spacial score (nSPS) is 16.1. The van der Waals surface area contributed by atoms with Crippen molar-refractivity contribution in [3.8, 4) is 5.75 Å². The summed E-state index contributed by atoms with van der Waals surface area (Å²) in [6.07, 6.45) is 3.02. The van der Waals surface area contributed by atoms with Crippen LogP contribution in [0.1, 0.15) is 5.56 Å². The Balaban J connectivity index is 1.28. The number of benzene rings is 2. The SMILES string of the molecule is O=C(Nc1cnn(Cc2ccc(F)cc2)c1)N1CCOC(COc2cc(Cl)cc(Cl)c2)C1. The number of amides is 2. The second-order valence-electron chi connectivity index (χ2n) is 7.34. The van der Waals surface area contributed by atoms with Crippen molar-refractivity contribution in [3.05, 3.63) is 76.3 Å². The lowest BCUT2D eigenvalue weighted by Gasteiger charge is -2.32. The van der Waals surface area contributed by atoms with Crippen LogP contribution in [-0.4, -0.2) is 53.1 Å². The summed E-state index contributed by atoms with van der Waals surface area (Å²) in [5.41, 5.74) is 1.48. The quantitative estimate of drug-likeness (QED) is 0.557. The number of carbonyl (C=O) groups is 1. The highest BCUT2D eigenvalue weighted by Crippen LogP contribution is 2.24. The smallest absolute Gasteiger partial charge is 0.322 e. The van der Waals surface area contributed by atoms with Crippen molar-refractivity contribution in [1.82, 2.24) is 14.7 Å². The van der Waals surface area contributed by atoms with Crippen molar-refractivity contribution in [2.24, 2.45) is 0 Å². The van der Waals surface area contributed by atoms with Gasteiger partial charge < -0.3 is 19.7 Å². The van der Waals surface area contributed by atoms with Crippen LogP contribution in [0.5, 0.6) is 5.75 Å². The van der Waals surface area contributed by atoms with Crippen molar-refractivity contribution in [1.29, 1.82) is 0 Å². The number of hydrogen-bond acceptors (Lipinski definition) is 4. The van der Waals surface area contributed by atoms with E-state index in [0.29, 0.717) is 47.7 Å². The van der Waals surface area contributed by atoms with Gasteiger partial charge in [-0.1, -0.05) is 35.3 Å². The molecule has 4 rings (SSSR count). The zero-order valence-corrected chi connectivity index (χ0v) is 18.5. The largest absolute Gasteiger partial charge is 0.491 e. The van der Waals surface area contributed by atoms with E-state index in [0.717, 1.165) is 5.56 Å². The first-order chi connectivity index (χ1) is 15.4. The lowest BCUT2D eigenvalue weighted by molar-refractivity contribution is -0.0336. The van der Waals surface area contributed by atoms with E-state index >= 15 is 0 Å². The number of hydrogen-bond donors (Lipinski definition) is 1. The maximum atomic E-state index is 13.0. The average molecular weight is 479 g/mol. The molecule has 32 heavy (non-hydrogen) atoms. The molecular formula is C22H21Cl2FN4O3. The molecule has 2 aromatic carbocycles. The summed E-state index contributed by atoms with van der Waals surface area (Å²) < 4.78 is 26.2. The summed E-state index contributed by atoms with van der Waals surface area (Å²) in [6, 6.07) is 10.9. The van der Waals surface area contributed by atoms with Crippen molar-refractivity contribution in [3.63, 3.8) is 0 Å². The third-order valence-corrected chi connectivity index (χ3v) is 5.28. The molecule has 1 aliphatic heterocycles. The molecule has 1 unspecified atom stereocenters. The summed E-state index contributed by atoms with van der Waals surface area (Å²) in [7, 11) is 0. The molecule has 7 nitrogen and oxygen atoms in total. The number of morpholine rings is 1. The van der Waals surface area contributed by atoms with E-state index in [4.69, 9.17) is 32.7 Å². The van der Waals surface area contributed by atoms with E-state index in [1.54, 1.807) is 52.3 Å². The van der Waals surface area contributed by atoms with E-state index in [2.05, 4.69) is 10.4 Å². The molecule has 1 fully saturated rings. The minimum absolute atomic E-state index is 0.245. The third-order valence-electron chi connectivity index (χ3n) is 4.84. The van der Waals surface area contributed by atoms with Crippen LogP contribution < -0.4 is 10.1 Å². The van der Waals surface area contributed by atoms with Gasteiger partial charge in [-0.05, 0) is 35.9 Å². The Bertz CT molecular complexity index is 1060. The van der Waals surface area contributed by atoms with Crippen molar-refractivity contribution in [2.45, 2.75) is 12.6 Å². The van der Waals surface area contributed by atoms with Gasteiger partial charge in [-0.2, -0.15) is 5.10 Å². The Labute approximate surface area is 194 Å². The number of rotatable bonds is 6. The first-order valence-corrected chi connectivity index (χ1v) is 10.7. The molecule has 1 saturated heterocycles. The number of nitrogens with zero attached hydrogens (tertiary/aromatic N) is 3. The molecule has 1 aromatic heterocycles. The van der Waals surface area contributed by atoms with Gasteiger partial charge in [0.2, 0.25) is 0 Å². The van der Waals surface area contributed by atoms with E-state index in [1.807, 2.05) is 0 Å². The Morgan fingerprint density at radius 2 is 1.97 bits per heavy atom. The minimum Gasteiger partial charge on any atom is -0.491 e. The highest BCUT2D eigenvalue weighted by atomic mass is 35.5. The summed E-state index contributed by atoms with van der Waals surface area (Å²) in [5.74, 6) is 0.258. The Kier molecular flexibility index (Phi) is 7.14. The van der Waals surface area contributed by atoms with Crippen molar-refractivity contribution >= 4 is 34.9 Å². The molecule has 1 aliphatic rings. The fraction of sp³-hybridized carbons (Fsp3) is 0.273. The van der Waals surface area contributed by atoms with Gasteiger partial charge in [0.05, 0.1) is 31.6 Å². The van der Waals surface area contributed by atoms with Crippen LogP contribution in [0.3, 0.4) is 0 Å². The molecule has 0 aliphatic carbocycles. The Morgan fingerprint density at radius 1 is 1.22 bits per heavy atom. The number of nitrogens with one attached hydrogen (secondary N) is 1. The molecule has 1 atom stereocenters. The van der Waals surface area contributed by atoms with E-state index in [-0.39, 0.29) is 24.6 Å². The number of ether oxygens (including phenoxy) is 2. The van der Waals surface area contributed by atoms with Gasteiger partial charge in [0, 0.05) is 22.8 Å². The van der Waals surface area contributed by atoms with Crippen LogP contribution in [0, 0.1) is 5.82 Å². The van der Waals surface area contributed by atoms with E-state index < -0.39 is 0 Å². The third kappa shape index (κ3) is 6.12. The van der Waals surface area contributed by atoms with Gasteiger partial charge in [-0.3, -0.25) is 4.68 Å². The molecule has 0 radical (unpaired) electrons. The second-order valence-corrected chi connectivity index (χ2v) is 8.21. The average Bonchev–Trinajstić information content (AvgIpc) is 3.20. The molecule has 0 bridgehead atoms. The topological polar surface area (TPSA) is 68.6 Å². The van der Waals surface area contributed by atoms with Crippen LogP contribution in [-0.2, 0) is 11.3 Å². The number of urea groups is 1. The lowest BCUT2D eigenvalue weighted by Crippen LogP contribution is -2.49. The zero-order valence-electron chi connectivity index (χ0n) is 17.0. The monoisotopic (exact) mass is 478 g/mol. The number of carbonyl (C=O) groups excluding carboxylic acids is 1. The standard InChI is InChI=1S/C22H21Cl2FN4O3/c23-16-7-17(24)9-20(8-16)32-14-21-13-28(5-6-31-21)22(30)27-19-10-26-29(12-19)11-15-1-3-18(25)4-2-15/h1-4,7-10,12,21H,5-6,11,13-14H2,(H,27,30). The molecular weight excluding hydrogens is 458 g/mol. The molecule has 1 N–H and O–H groups in total. The van der Waals surface area contributed by atoms with E-state index in [1.165, 1.54) is 12.1 Å². The first-order valence-electron chi connectivity index (χ1n) is 9.98. The first kappa shape index (κ1) is 22.4. The van der Waals surface area contributed by atoms with Gasteiger partial charge in [0.25, 0.3) is 0 Å². The highest BCUT2D eigenvalue weighted by molar-refractivity contribution is 6.34. The van der Waals surface area contributed by atoms with Gasteiger partial charge in [-0.25, -0.2) is 9.18 Å². The fourth-order valence-electron chi connectivity index (χ4n) is 3.30. The summed E-state index contributed by atoms with van der Waals surface area (Å²) in [4.78, 5) is 14.4. The molecule has 2 heterocycles. The van der Waals surface area contributed by atoms with E-state index in [9.17, 15) is 9.18 Å². The molecule has 0 spiro atoms. The minimum atomic E-state index is -0.284. The number of aromatic nitrogens is 2.